The first-order valence-electron chi connectivity index (χ1n) is 6.50. The number of nitrogen functional groups attached to an aromatic ring is 1. The van der Waals surface area contributed by atoms with Crippen LogP contribution in [0, 0.1) is 25.2 Å². The van der Waals surface area contributed by atoms with Gasteiger partial charge in [0.25, 0.3) is 0 Å². The van der Waals surface area contributed by atoms with Crippen molar-refractivity contribution < 1.29 is 0 Å². The molecule has 0 bridgehead atoms. The zero-order chi connectivity index (χ0) is 15.0. The predicted molar refractivity (Wildman–Crippen MR) is 81.4 cm³/mol. The van der Waals surface area contributed by atoms with Gasteiger partial charge in [-0.1, -0.05) is 6.07 Å². The average Bonchev–Trinajstić information content (AvgIpc) is 2.47. The zero-order valence-corrected chi connectivity index (χ0v) is 11.8. The van der Waals surface area contributed by atoms with Crippen molar-refractivity contribution in [1.29, 1.82) is 5.26 Å². The summed E-state index contributed by atoms with van der Waals surface area (Å²) in [6.07, 6.45) is 0. The van der Waals surface area contributed by atoms with Crippen LogP contribution < -0.4 is 5.73 Å². The van der Waals surface area contributed by atoms with E-state index in [-0.39, 0.29) is 5.95 Å². The lowest BCUT2D eigenvalue weighted by Gasteiger charge is -2.11. The highest BCUT2D eigenvalue weighted by Gasteiger charge is 2.10. The van der Waals surface area contributed by atoms with E-state index in [0.29, 0.717) is 11.1 Å². The summed E-state index contributed by atoms with van der Waals surface area (Å²) in [6.45, 7) is 4.03. The highest BCUT2D eigenvalue weighted by Crippen LogP contribution is 2.30. The van der Waals surface area contributed by atoms with E-state index in [1.165, 1.54) is 0 Å². The molecule has 0 amide bonds. The van der Waals surface area contributed by atoms with Crippen molar-refractivity contribution in [2.75, 3.05) is 5.73 Å². The SMILES string of the molecule is Cc1ccc(C#N)cc1-c1cc2nnc(N)nc2cc1C. The monoisotopic (exact) mass is 275 g/mol. The van der Waals surface area contributed by atoms with E-state index in [9.17, 15) is 0 Å². The molecule has 3 rings (SSSR count). The summed E-state index contributed by atoms with van der Waals surface area (Å²) < 4.78 is 0. The number of nitrogens with zero attached hydrogens (tertiary/aromatic N) is 4. The fraction of sp³-hybridized carbons (Fsp3) is 0.125. The number of nitriles is 1. The lowest BCUT2D eigenvalue weighted by Crippen LogP contribution is -1.99. The minimum absolute atomic E-state index is 0.164. The van der Waals surface area contributed by atoms with Gasteiger partial charge in [-0.25, -0.2) is 4.98 Å². The maximum atomic E-state index is 9.08. The number of aryl methyl sites for hydroxylation is 2. The van der Waals surface area contributed by atoms with E-state index < -0.39 is 0 Å². The Morgan fingerprint density at radius 3 is 2.48 bits per heavy atom. The molecule has 0 atom stereocenters. The third kappa shape index (κ3) is 2.28. The van der Waals surface area contributed by atoms with Crippen LogP contribution in [-0.2, 0) is 0 Å². The molecular formula is C16H13N5. The third-order valence-electron chi connectivity index (χ3n) is 3.47. The van der Waals surface area contributed by atoms with Crippen LogP contribution in [0.1, 0.15) is 16.7 Å². The van der Waals surface area contributed by atoms with Crippen LogP contribution in [0.5, 0.6) is 0 Å². The summed E-state index contributed by atoms with van der Waals surface area (Å²) in [5, 5.41) is 16.9. The summed E-state index contributed by atoms with van der Waals surface area (Å²) >= 11 is 0. The summed E-state index contributed by atoms with van der Waals surface area (Å²) in [4.78, 5) is 4.18. The second-order valence-electron chi connectivity index (χ2n) is 4.97. The quantitative estimate of drug-likeness (QED) is 0.737. The number of fused-ring (bicyclic) bond motifs is 1. The van der Waals surface area contributed by atoms with Gasteiger partial charge in [-0.05, 0) is 60.4 Å². The molecule has 2 aromatic carbocycles. The molecule has 1 heterocycles. The van der Waals surface area contributed by atoms with Crippen molar-refractivity contribution in [2.45, 2.75) is 13.8 Å². The number of nitrogens with two attached hydrogens (primary N) is 1. The first kappa shape index (κ1) is 13.0. The van der Waals surface area contributed by atoms with Crippen LogP contribution in [-0.4, -0.2) is 15.2 Å². The number of benzene rings is 2. The minimum Gasteiger partial charge on any atom is -0.366 e. The first-order chi connectivity index (χ1) is 10.1. The highest BCUT2D eigenvalue weighted by molar-refractivity contribution is 5.84. The Morgan fingerprint density at radius 1 is 0.952 bits per heavy atom. The van der Waals surface area contributed by atoms with Gasteiger partial charge in [-0.15, -0.1) is 10.2 Å². The van der Waals surface area contributed by atoms with E-state index in [4.69, 9.17) is 11.0 Å². The average molecular weight is 275 g/mol. The van der Waals surface area contributed by atoms with Gasteiger partial charge in [0.05, 0.1) is 17.1 Å². The van der Waals surface area contributed by atoms with E-state index in [0.717, 1.165) is 27.8 Å². The Balaban J connectivity index is 2.28. The molecule has 0 aliphatic rings. The molecule has 102 valence electrons. The van der Waals surface area contributed by atoms with Crippen molar-refractivity contribution >= 4 is 17.0 Å². The molecule has 1 aromatic heterocycles. The van der Waals surface area contributed by atoms with E-state index >= 15 is 0 Å². The van der Waals surface area contributed by atoms with Gasteiger partial charge in [0, 0.05) is 0 Å². The van der Waals surface area contributed by atoms with Crippen molar-refractivity contribution in [1.82, 2.24) is 15.2 Å². The van der Waals surface area contributed by atoms with Gasteiger partial charge in [-0.2, -0.15) is 5.26 Å². The molecule has 0 fully saturated rings. The Bertz CT molecular complexity index is 893. The van der Waals surface area contributed by atoms with Crippen molar-refractivity contribution in [3.63, 3.8) is 0 Å². The van der Waals surface area contributed by atoms with E-state index in [2.05, 4.69) is 21.3 Å². The molecule has 3 aromatic rings. The molecule has 5 heteroatoms. The Labute approximate surface area is 122 Å². The summed E-state index contributed by atoms with van der Waals surface area (Å²) in [7, 11) is 0. The number of anilines is 1. The van der Waals surface area contributed by atoms with Crippen LogP contribution in [0.15, 0.2) is 30.3 Å². The third-order valence-corrected chi connectivity index (χ3v) is 3.47. The number of hydrogen-bond donors (Lipinski definition) is 1. The van der Waals surface area contributed by atoms with Crippen LogP contribution in [0.25, 0.3) is 22.2 Å². The van der Waals surface area contributed by atoms with Gasteiger partial charge >= 0.3 is 0 Å². The summed E-state index contributed by atoms with van der Waals surface area (Å²) in [6, 6.07) is 11.7. The number of hydrogen-bond acceptors (Lipinski definition) is 5. The largest absolute Gasteiger partial charge is 0.366 e. The molecule has 21 heavy (non-hydrogen) atoms. The first-order valence-corrected chi connectivity index (χ1v) is 6.50. The van der Waals surface area contributed by atoms with Gasteiger partial charge in [-0.3, -0.25) is 0 Å². The molecule has 0 unspecified atom stereocenters. The second-order valence-corrected chi connectivity index (χ2v) is 4.97. The van der Waals surface area contributed by atoms with Crippen molar-refractivity contribution in [2.24, 2.45) is 0 Å². The smallest absolute Gasteiger partial charge is 0.240 e. The molecule has 5 nitrogen and oxygen atoms in total. The van der Waals surface area contributed by atoms with E-state index in [1.807, 2.05) is 44.2 Å². The van der Waals surface area contributed by atoms with Gasteiger partial charge in [0.2, 0.25) is 5.95 Å². The Hall–Kier alpha value is -3.00. The van der Waals surface area contributed by atoms with Gasteiger partial charge < -0.3 is 5.73 Å². The number of aromatic nitrogens is 3. The molecule has 2 N–H and O–H groups in total. The molecule has 0 radical (unpaired) electrons. The molecular weight excluding hydrogens is 262 g/mol. The molecule has 0 aliphatic heterocycles. The molecule has 0 aliphatic carbocycles. The van der Waals surface area contributed by atoms with Crippen LogP contribution in [0.2, 0.25) is 0 Å². The molecule has 0 spiro atoms. The highest BCUT2D eigenvalue weighted by atomic mass is 15.2. The topological polar surface area (TPSA) is 88.5 Å². The van der Waals surface area contributed by atoms with Gasteiger partial charge in [0.1, 0.15) is 5.52 Å². The van der Waals surface area contributed by atoms with Crippen LogP contribution >= 0.6 is 0 Å². The fourth-order valence-electron chi connectivity index (χ4n) is 2.37. The van der Waals surface area contributed by atoms with Crippen LogP contribution in [0.3, 0.4) is 0 Å². The maximum absolute atomic E-state index is 9.08. The normalized spacial score (nSPS) is 10.5. The summed E-state index contributed by atoms with van der Waals surface area (Å²) in [5.41, 5.74) is 11.8. The van der Waals surface area contributed by atoms with Crippen molar-refractivity contribution in [3.05, 3.63) is 47.0 Å². The second kappa shape index (κ2) is 4.84. The lowest BCUT2D eigenvalue weighted by molar-refractivity contribution is 1.04. The van der Waals surface area contributed by atoms with Crippen LogP contribution in [0.4, 0.5) is 5.95 Å². The molecule has 0 saturated carbocycles. The lowest BCUT2D eigenvalue weighted by atomic mass is 9.94. The minimum atomic E-state index is 0.164. The van der Waals surface area contributed by atoms with E-state index in [1.54, 1.807) is 0 Å². The maximum Gasteiger partial charge on any atom is 0.240 e. The number of rotatable bonds is 1. The standard InChI is InChI=1S/C16H13N5/c1-9-3-4-11(8-17)6-12(9)13-7-15-14(5-10(13)2)19-16(18)21-20-15/h3-7H,1-2H3,(H2,18,19,21). The Morgan fingerprint density at radius 2 is 1.71 bits per heavy atom. The Kier molecular flexibility index (Phi) is 2.99. The fourth-order valence-corrected chi connectivity index (χ4v) is 2.37. The van der Waals surface area contributed by atoms with Crippen molar-refractivity contribution in [3.8, 4) is 17.2 Å². The van der Waals surface area contributed by atoms with Gasteiger partial charge in [0.15, 0.2) is 0 Å². The zero-order valence-electron chi connectivity index (χ0n) is 11.8. The summed E-state index contributed by atoms with van der Waals surface area (Å²) in [5.74, 6) is 0.164. The molecule has 0 saturated heterocycles. The predicted octanol–water partition coefficient (Wildman–Crippen LogP) is 2.76.